The minimum atomic E-state index is 0.0219. The number of likely N-dealkylation sites (N-methyl/N-ethyl adjacent to an activating group) is 1. The van der Waals surface area contributed by atoms with Crippen LogP contribution in [-0.2, 0) is 9.47 Å². The van der Waals surface area contributed by atoms with Gasteiger partial charge in [-0.3, -0.25) is 0 Å². The second kappa shape index (κ2) is 7.62. The van der Waals surface area contributed by atoms with Crippen molar-refractivity contribution in [3.05, 3.63) is 0 Å². The summed E-state index contributed by atoms with van der Waals surface area (Å²) in [7, 11) is 2.15. The van der Waals surface area contributed by atoms with Crippen LogP contribution in [0, 0.1) is 5.92 Å². The molecular weight excluding hydrogens is 282 g/mol. The fraction of sp³-hybridized carbons (Fsp3) is 0.938. The van der Waals surface area contributed by atoms with E-state index in [0.717, 1.165) is 38.5 Å². The van der Waals surface area contributed by atoms with Gasteiger partial charge in [-0.2, -0.15) is 0 Å². The zero-order valence-electron chi connectivity index (χ0n) is 13.6. The average Bonchev–Trinajstić information content (AvgIpc) is 3.16. The van der Waals surface area contributed by atoms with Crippen molar-refractivity contribution < 1.29 is 14.3 Å². The van der Waals surface area contributed by atoms with Gasteiger partial charge in [0.25, 0.3) is 0 Å². The normalized spacial score (nSPS) is 29.1. The molecular formula is C16H29N3O3. The zero-order valence-corrected chi connectivity index (χ0v) is 13.6. The van der Waals surface area contributed by atoms with Crippen molar-refractivity contribution in [1.29, 1.82) is 0 Å². The second-order valence-electron chi connectivity index (χ2n) is 6.92. The minimum absolute atomic E-state index is 0.0219. The van der Waals surface area contributed by atoms with Crippen LogP contribution in [0.25, 0.3) is 0 Å². The number of hydrogen-bond donors (Lipinski definition) is 1. The third kappa shape index (κ3) is 4.83. The van der Waals surface area contributed by atoms with Crippen molar-refractivity contribution in [2.45, 2.75) is 37.9 Å². The van der Waals surface area contributed by atoms with Gasteiger partial charge in [0.05, 0.1) is 18.8 Å². The molecule has 3 rings (SSSR count). The molecule has 3 fully saturated rings. The van der Waals surface area contributed by atoms with Crippen molar-refractivity contribution in [2.24, 2.45) is 5.92 Å². The Labute approximate surface area is 133 Å². The monoisotopic (exact) mass is 311 g/mol. The van der Waals surface area contributed by atoms with Gasteiger partial charge < -0.3 is 24.6 Å². The third-order valence-electron chi connectivity index (χ3n) is 4.71. The Morgan fingerprint density at radius 2 is 2.00 bits per heavy atom. The molecule has 126 valence electrons. The number of ether oxygens (including phenoxy) is 2. The van der Waals surface area contributed by atoms with E-state index in [0.29, 0.717) is 26.2 Å². The quantitative estimate of drug-likeness (QED) is 0.792. The summed E-state index contributed by atoms with van der Waals surface area (Å²) in [6, 6.07) is 0.0219. The Balaban J connectivity index is 1.37. The van der Waals surface area contributed by atoms with E-state index < -0.39 is 0 Å². The molecule has 0 aromatic carbocycles. The maximum absolute atomic E-state index is 12.3. The minimum Gasteiger partial charge on any atom is -0.376 e. The highest BCUT2D eigenvalue weighted by Gasteiger charge is 2.28. The summed E-state index contributed by atoms with van der Waals surface area (Å²) in [5.74, 6) is 0.888. The maximum Gasteiger partial charge on any atom is 0.317 e. The van der Waals surface area contributed by atoms with E-state index in [2.05, 4.69) is 17.3 Å². The largest absolute Gasteiger partial charge is 0.376 e. The van der Waals surface area contributed by atoms with Crippen LogP contribution in [0.2, 0.25) is 0 Å². The molecule has 1 saturated carbocycles. The highest BCUT2D eigenvalue weighted by atomic mass is 16.5. The van der Waals surface area contributed by atoms with E-state index in [9.17, 15) is 4.79 Å². The number of morpholine rings is 1. The Morgan fingerprint density at radius 3 is 2.73 bits per heavy atom. The molecule has 2 heterocycles. The fourth-order valence-corrected chi connectivity index (χ4v) is 3.30. The Kier molecular flexibility index (Phi) is 5.55. The molecule has 1 N–H and O–H groups in total. The lowest BCUT2D eigenvalue weighted by Crippen LogP contribution is -2.53. The highest BCUT2D eigenvalue weighted by molar-refractivity contribution is 5.74. The molecule has 0 spiro atoms. The van der Waals surface area contributed by atoms with Crippen molar-refractivity contribution in [3.8, 4) is 0 Å². The third-order valence-corrected chi connectivity index (χ3v) is 4.71. The van der Waals surface area contributed by atoms with E-state index >= 15 is 0 Å². The van der Waals surface area contributed by atoms with Gasteiger partial charge in [-0.25, -0.2) is 4.79 Å². The smallest absolute Gasteiger partial charge is 0.317 e. The van der Waals surface area contributed by atoms with Crippen molar-refractivity contribution in [1.82, 2.24) is 15.1 Å². The molecule has 0 aromatic heterocycles. The molecule has 0 radical (unpaired) electrons. The van der Waals surface area contributed by atoms with Gasteiger partial charge >= 0.3 is 6.03 Å². The van der Waals surface area contributed by atoms with Crippen LogP contribution in [0.5, 0.6) is 0 Å². The molecule has 2 atom stereocenters. The van der Waals surface area contributed by atoms with Gasteiger partial charge in [-0.05, 0) is 38.6 Å². The Hall–Kier alpha value is -0.850. The number of carbonyl (C=O) groups is 1. The molecule has 2 amide bonds. The number of amides is 2. The van der Waals surface area contributed by atoms with Crippen LogP contribution in [0.3, 0.4) is 0 Å². The van der Waals surface area contributed by atoms with Gasteiger partial charge in [-0.1, -0.05) is 0 Å². The summed E-state index contributed by atoms with van der Waals surface area (Å²) in [6.45, 7) is 5.52. The molecule has 6 nitrogen and oxygen atoms in total. The van der Waals surface area contributed by atoms with Gasteiger partial charge in [0, 0.05) is 39.3 Å². The first-order valence-electron chi connectivity index (χ1n) is 8.65. The lowest BCUT2D eigenvalue weighted by atomic mass is 10.2. The first-order valence-corrected chi connectivity index (χ1v) is 8.65. The molecule has 22 heavy (non-hydrogen) atoms. The van der Waals surface area contributed by atoms with Crippen LogP contribution in [-0.4, -0.2) is 81.0 Å². The molecule has 0 aromatic rings. The number of rotatable bonds is 6. The van der Waals surface area contributed by atoms with Crippen molar-refractivity contribution >= 4 is 6.03 Å². The first-order chi connectivity index (χ1) is 10.7. The molecule has 0 unspecified atom stereocenters. The molecule has 3 aliphatic rings. The molecule has 0 bridgehead atoms. The molecule has 1 aliphatic carbocycles. The predicted molar refractivity (Wildman–Crippen MR) is 83.9 cm³/mol. The van der Waals surface area contributed by atoms with E-state index in [4.69, 9.17) is 9.47 Å². The SMILES string of the molecule is CN(CC1CC1)C[C@@H]1CN(C(=O)NC[C@@H]2CCCO2)CCO1. The average molecular weight is 311 g/mol. The second-order valence-corrected chi connectivity index (χ2v) is 6.92. The number of nitrogens with one attached hydrogen (secondary N) is 1. The molecule has 2 saturated heterocycles. The maximum atomic E-state index is 12.3. The number of nitrogens with zero attached hydrogens (tertiary/aromatic N) is 2. The van der Waals surface area contributed by atoms with Gasteiger partial charge in [0.1, 0.15) is 0 Å². The summed E-state index contributed by atoms with van der Waals surface area (Å²) < 4.78 is 11.4. The predicted octanol–water partition coefficient (Wildman–Crippen LogP) is 0.918. The summed E-state index contributed by atoms with van der Waals surface area (Å²) in [5.41, 5.74) is 0. The first kappa shape index (κ1) is 16.0. The number of urea groups is 1. The van der Waals surface area contributed by atoms with Crippen LogP contribution < -0.4 is 5.32 Å². The topological polar surface area (TPSA) is 54.0 Å². The Morgan fingerprint density at radius 1 is 1.18 bits per heavy atom. The van der Waals surface area contributed by atoms with Gasteiger partial charge in [-0.15, -0.1) is 0 Å². The summed E-state index contributed by atoms with van der Waals surface area (Å²) in [5, 5.41) is 3.00. The van der Waals surface area contributed by atoms with E-state index in [1.54, 1.807) is 0 Å². The van der Waals surface area contributed by atoms with Crippen molar-refractivity contribution in [2.75, 3.05) is 53.0 Å². The Bertz CT molecular complexity index is 370. The standard InChI is InChI=1S/C16H29N3O3/c1-18(10-13-4-5-13)11-15-12-19(6-8-22-15)16(20)17-9-14-3-2-7-21-14/h13-15H,2-12H2,1H3,(H,17,20)/t14-,15+/m0/s1. The van der Waals surface area contributed by atoms with E-state index in [-0.39, 0.29) is 18.2 Å². The van der Waals surface area contributed by atoms with Crippen LogP contribution in [0.1, 0.15) is 25.7 Å². The zero-order chi connectivity index (χ0) is 15.4. The summed E-state index contributed by atoms with van der Waals surface area (Å²) >= 11 is 0. The van der Waals surface area contributed by atoms with Gasteiger partial charge in [0.15, 0.2) is 0 Å². The lowest BCUT2D eigenvalue weighted by molar-refractivity contribution is -0.0280. The van der Waals surface area contributed by atoms with Crippen LogP contribution in [0.15, 0.2) is 0 Å². The molecule has 2 aliphatic heterocycles. The van der Waals surface area contributed by atoms with E-state index in [1.807, 2.05) is 4.90 Å². The highest BCUT2D eigenvalue weighted by Crippen LogP contribution is 2.29. The number of carbonyl (C=O) groups excluding carboxylic acids is 1. The molecule has 6 heteroatoms. The fourth-order valence-electron chi connectivity index (χ4n) is 3.30. The van der Waals surface area contributed by atoms with Crippen molar-refractivity contribution in [3.63, 3.8) is 0 Å². The summed E-state index contributed by atoms with van der Waals surface area (Å²) in [6.07, 6.45) is 5.23. The summed E-state index contributed by atoms with van der Waals surface area (Å²) in [4.78, 5) is 16.5. The number of hydrogen-bond acceptors (Lipinski definition) is 4. The van der Waals surface area contributed by atoms with E-state index in [1.165, 1.54) is 12.8 Å². The van der Waals surface area contributed by atoms with Gasteiger partial charge in [0.2, 0.25) is 0 Å². The van der Waals surface area contributed by atoms with Crippen LogP contribution >= 0.6 is 0 Å². The lowest BCUT2D eigenvalue weighted by Gasteiger charge is -2.35. The van der Waals surface area contributed by atoms with Crippen LogP contribution in [0.4, 0.5) is 4.79 Å².